The third-order valence-corrected chi connectivity index (χ3v) is 7.92. The van der Waals surface area contributed by atoms with Gasteiger partial charge in [-0.3, -0.25) is 4.98 Å². The smallest absolute Gasteiger partial charge is 0.0991 e. The van der Waals surface area contributed by atoms with Crippen LogP contribution in [0.1, 0.15) is 30.5 Å². The number of hydrogen-bond acceptors (Lipinski definition) is 2. The maximum Gasteiger partial charge on any atom is 0.0991 e. The first kappa shape index (κ1) is 21.5. The minimum Gasteiger partial charge on any atom is -0.256 e. The molecular formula is C35H24N2. The van der Waals surface area contributed by atoms with Gasteiger partial charge in [-0.05, 0) is 85.3 Å². The molecule has 1 aliphatic carbocycles. The van der Waals surface area contributed by atoms with Gasteiger partial charge in [-0.1, -0.05) is 86.6 Å². The summed E-state index contributed by atoms with van der Waals surface area (Å²) in [6.07, 6.45) is 1.85. The Labute approximate surface area is 216 Å². The molecule has 1 heterocycles. The Kier molecular flexibility index (Phi) is 4.59. The van der Waals surface area contributed by atoms with E-state index in [-0.39, 0.29) is 5.41 Å². The fraction of sp³-hybridized carbons (Fsp3) is 0.0857. The van der Waals surface area contributed by atoms with Crippen LogP contribution < -0.4 is 0 Å². The van der Waals surface area contributed by atoms with Gasteiger partial charge in [0.2, 0.25) is 0 Å². The predicted octanol–water partition coefficient (Wildman–Crippen LogP) is 8.90. The quantitative estimate of drug-likeness (QED) is 0.236. The summed E-state index contributed by atoms with van der Waals surface area (Å²) in [7, 11) is 0. The zero-order chi connectivity index (χ0) is 25.1. The molecule has 0 spiro atoms. The number of rotatable bonds is 2. The number of nitriles is 1. The average molecular weight is 473 g/mol. The van der Waals surface area contributed by atoms with E-state index >= 15 is 0 Å². The highest BCUT2D eigenvalue weighted by Crippen LogP contribution is 2.54. The van der Waals surface area contributed by atoms with E-state index in [1.165, 1.54) is 49.4 Å². The molecule has 0 radical (unpaired) electrons. The Morgan fingerprint density at radius 2 is 1.41 bits per heavy atom. The highest BCUT2D eigenvalue weighted by molar-refractivity contribution is 6.20. The van der Waals surface area contributed by atoms with Gasteiger partial charge >= 0.3 is 0 Å². The van der Waals surface area contributed by atoms with Crippen LogP contribution in [0.3, 0.4) is 0 Å². The molecule has 1 aliphatic rings. The zero-order valence-electron chi connectivity index (χ0n) is 20.8. The maximum atomic E-state index is 9.36. The van der Waals surface area contributed by atoms with Crippen molar-refractivity contribution in [1.82, 2.24) is 4.98 Å². The van der Waals surface area contributed by atoms with E-state index in [9.17, 15) is 5.26 Å². The molecule has 0 aliphatic heterocycles. The van der Waals surface area contributed by atoms with Crippen LogP contribution in [0, 0.1) is 11.3 Å². The molecule has 0 amide bonds. The summed E-state index contributed by atoms with van der Waals surface area (Å²) in [4.78, 5) is 4.61. The van der Waals surface area contributed by atoms with Crippen LogP contribution >= 0.6 is 0 Å². The van der Waals surface area contributed by atoms with E-state index in [2.05, 4.69) is 104 Å². The van der Waals surface area contributed by atoms with Crippen LogP contribution in [-0.2, 0) is 5.41 Å². The van der Waals surface area contributed by atoms with Crippen molar-refractivity contribution in [2.75, 3.05) is 0 Å². The molecule has 174 valence electrons. The van der Waals surface area contributed by atoms with Crippen LogP contribution in [0.4, 0.5) is 0 Å². The van der Waals surface area contributed by atoms with E-state index in [4.69, 9.17) is 0 Å². The van der Waals surface area contributed by atoms with Crippen molar-refractivity contribution in [3.8, 4) is 39.6 Å². The summed E-state index contributed by atoms with van der Waals surface area (Å²) < 4.78 is 0. The first-order valence-corrected chi connectivity index (χ1v) is 12.6. The number of pyridine rings is 1. The SMILES string of the molecule is CC1(C)c2ccc(-c3ccccn3)cc2-c2cccc3c(-c4ccc(C#N)cc4)c4ccccc4c1c23. The monoisotopic (exact) mass is 472 g/mol. The Bertz CT molecular complexity index is 1890. The molecule has 0 fully saturated rings. The summed E-state index contributed by atoms with van der Waals surface area (Å²) in [6, 6.07) is 38.6. The molecule has 1 aromatic heterocycles. The number of aromatic nitrogens is 1. The Morgan fingerprint density at radius 3 is 2.16 bits per heavy atom. The van der Waals surface area contributed by atoms with E-state index in [1.807, 2.05) is 30.5 Å². The molecule has 0 N–H and O–H groups in total. The van der Waals surface area contributed by atoms with Crippen LogP contribution in [0.25, 0.3) is 55.1 Å². The minimum absolute atomic E-state index is 0.187. The lowest BCUT2D eigenvalue weighted by atomic mass is 9.66. The lowest BCUT2D eigenvalue weighted by molar-refractivity contribution is 0.651. The molecule has 0 bridgehead atoms. The van der Waals surface area contributed by atoms with Crippen molar-refractivity contribution >= 4 is 21.5 Å². The second-order valence-corrected chi connectivity index (χ2v) is 10.3. The lowest BCUT2D eigenvalue weighted by Crippen LogP contribution is -2.24. The first-order chi connectivity index (χ1) is 18.1. The molecule has 0 saturated carbocycles. The predicted molar refractivity (Wildman–Crippen MR) is 152 cm³/mol. The largest absolute Gasteiger partial charge is 0.256 e. The fourth-order valence-electron chi connectivity index (χ4n) is 6.26. The van der Waals surface area contributed by atoms with Crippen LogP contribution in [-0.4, -0.2) is 4.98 Å². The molecule has 2 heteroatoms. The molecule has 7 rings (SSSR count). The van der Waals surface area contributed by atoms with Crippen molar-refractivity contribution < 1.29 is 0 Å². The standard InChI is InChI=1S/C35H24N2/c1-35(2)30-18-17-24(31-12-5-6-19-37-31)20-29(30)26-10-7-11-28-32(23-15-13-22(21-36)14-16-23)25-8-3-4-9-27(25)34(35)33(26)28/h3-20H,1-2H3. The second-order valence-electron chi connectivity index (χ2n) is 10.3. The second kappa shape index (κ2) is 7.88. The molecular weight excluding hydrogens is 448 g/mol. The Morgan fingerprint density at radius 1 is 0.676 bits per heavy atom. The summed E-state index contributed by atoms with van der Waals surface area (Å²) in [5.41, 5.74) is 10.2. The van der Waals surface area contributed by atoms with Gasteiger partial charge in [-0.25, -0.2) is 0 Å². The van der Waals surface area contributed by atoms with Gasteiger partial charge in [-0.2, -0.15) is 5.26 Å². The highest BCUT2D eigenvalue weighted by Gasteiger charge is 2.36. The third-order valence-electron chi connectivity index (χ3n) is 7.92. The summed E-state index contributed by atoms with van der Waals surface area (Å²) in [5, 5.41) is 14.4. The van der Waals surface area contributed by atoms with Crippen LogP contribution in [0.5, 0.6) is 0 Å². The number of nitrogens with zero attached hydrogens (tertiary/aromatic N) is 2. The van der Waals surface area contributed by atoms with Gasteiger partial charge in [0.15, 0.2) is 0 Å². The summed E-state index contributed by atoms with van der Waals surface area (Å²) >= 11 is 0. The van der Waals surface area contributed by atoms with E-state index in [0.717, 1.165) is 16.8 Å². The average Bonchev–Trinajstić information content (AvgIpc) is 2.95. The van der Waals surface area contributed by atoms with E-state index in [0.29, 0.717) is 5.56 Å². The molecule has 2 nitrogen and oxygen atoms in total. The normalized spacial score (nSPS) is 13.3. The first-order valence-electron chi connectivity index (χ1n) is 12.6. The van der Waals surface area contributed by atoms with Crippen molar-refractivity contribution in [3.63, 3.8) is 0 Å². The van der Waals surface area contributed by atoms with Gasteiger partial charge in [0, 0.05) is 17.2 Å². The minimum atomic E-state index is -0.187. The Hall–Kier alpha value is -4.74. The van der Waals surface area contributed by atoms with Gasteiger partial charge in [0.05, 0.1) is 17.3 Å². The zero-order valence-corrected chi connectivity index (χ0v) is 20.8. The number of fused-ring (bicyclic) bond motifs is 4. The van der Waals surface area contributed by atoms with Crippen molar-refractivity contribution in [1.29, 1.82) is 5.26 Å². The highest BCUT2D eigenvalue weighted by atomic mass is 14.7. The third kappa shape index (κ3) is 3.08. The van der Waals surface area contributed by atoms with Crippen molar-refractivity contribution in [2.24, 2.45) is 0 Å². The summed E-state index contributed by atoms with van der Waals surface area (Å²) in [6.45, 7) is 4.70. The van der Waals surface area contributed by atoms with Crippen LogP contribution in [0.15, 0.2) is 109 Å². The van der Waals surface area contributed by atoms with Gasteiger partial charge in [0.25, 0.3) is 0 Å². The molecule has 37 heavy (non-hydrogen) atoms. The van der Waals surface area contributed by atoms with Gasteiger partial charge in [-0.15, -0.1) is 0 Å². The summed E-state index contributed by atoms with van der Waals surface area (Å²) in [5.74, 6) is 0. The number of benzene rings is 5. The molecule has 0 unspecified atom stereocenters. The fourth-order valence-corrected chi connectivity index (χ4v) is 6.26. The van der Waals surface area contributed by atoms with E-state index in [1.54, 1.807) is 0 Å². The van der Waals surface area contributed by atoms with Crippen LogP contribution in [0.2, 0.25) is 0 Å². The Balaban J connectivity index is 1.62. The van der Waals surface area contributed by atoms with Crippen molar-refractivity contribution in [2.45, 2.75) is 19.3 Å². The molecule has 5 aromatic carbocycles. The lowest BCUT2D eigenvalue weighted by Gasteiger charge is -2.37. The van der Waals surface area contributed by atoms with E-state index < -0.39 is 0 Å². The van der Waals surface area contributed by atoms with Gasteiger partial charge in [0.1, 0.15) is 0 Å². The topological polar surface area (TPSA) is 36.7 Å². The van der Waals surface area contributed by atoms with Crippen molar-refractivity contribution in [3.05, 3.63) is 126 Å². The molecule has 6 aromatic rings. The molecule has 0 atom stereocenters. The maximum absolute atomic E-state index is 9.36. The molecule has 0 saturated heterocycles. The number of hydrogen-bond donors (Lipinski definition) is 0. The van der Waals surface area contributed by atoms with Gasteiger partial charge < -0.3 is 0 Å².